The Labute approximate surface area is 122 Å². The first kappa shape index (κ1) is 17.0. The third-order valence-electron chi connectivity index (χ3n) is 3.21. The molecule has 1 aromatic rings. The van der Waals surface area contributed by atoms with E-state index in [4.69, 9.17) is 4.74 Å². The van der Waals surface area contributed by atoms with Crippen molar-refractivity contribution in [2.45, 2.75) is 39.7 Å². The summed E-state index contributed by atoms with van der Waals surface area (Å²) in [6, 6.07) is 7.32. The van der Waals surface area contributed by atoms with Gasteiger partial charge in [0.2, 0.25) is 10.0 Å². The Bertz CT molecular complexity index is 494. The van der Waals surface area contributed by atoms with E-state index in [1.165, 1.54) is 0 Å². The SMILES string of the molecule is CCCCS(=O)(=O)NC(c1ccc(OC)cc1)C(C)C. The van der Waals surface area contributed by atoms with Gasteiger partial charge in [-0.25, -0.2) is 13.1 Å². The highest BCUT2D eigenvalue weighted by Gasteiger charge is 2.22. The summed E-state index contributed by atoms with van der Waals surface area (Å²) in [5.74, 6) is 1.13. The van der Waals surface area contributed by atoms with Gasteiger partial charge in [0, 0.05) is 6.04 Å². The van der Waals surface area contributed by atoms with Crippen LogP contribution in [-0.4, -0.2) is 21.3 Å². The van der Waals surface area contributed by atoms with E-state index in [2.05, 4.69) is 4.72 Å². The summed E-state index contributed by atoms with van der Waals surface area (Å²) in [5.41, 5.74) is 0.959. The van der Waals surface area contributed by atoms with Crippen LogP contribution in [-0.2, 0) is 10.0 Å². The number of benzene rings is 1. The molecule has 0 amide bonds. The van der Waals surface area contributed by atoms with E-state index in [0.717, 1.165) is 17.7 Å². The Morgan fingerprint density at radius 3 is 2.25 bits per heavy atom. The maximum absolute atomic E-state index is 12.1. The molecule has 0 aromatic heterocycles. The predicted molar refractivity (Wildman–Crippen MR) is 82.4 cm³/mol. The fraction of sp³-hybridized carbons (Fsp3) is 0.600. The zero-order valence-electron chi connectivity index (χ0n) is 12.7. The van der Waals surface area contributed by atoms with Crippen molar-refractivity contribution in [1.82, 2.24) is 4.72 Å². The van der Waals surface area contributed by atoms with Gasteiger partial charge in [0.05, 0.1) is 12.9 Å². The molecule has 0 aliphatic carbocycles. The Hall–Kier alpha value is -1.07. The predicted octanol–water partition coefficient (Wildman–Crippen LogP) is 3.11. The van der Waals surface area contributed by atoms with E-state index in [9.17, 15) is 8.42 Å². The number of methoxy groups -OCH3 is 1. The smallest absolute Gasteiger partial charge is 0.212 e. The van der Waals surface area contributed by atoms with Gasteiger partial charge in [-0.3, -0.25) is 0 Å². The summed E-state index contributed by atoms with van der Waals surface area (Å²) in [4.78, 5) is 0. The minimum absolute atomic E-state index is 0.180. The van der Waals surface area contributed by atoms with Crippen LogP contribution in [0.5, 0.6) is 5.75 Å². The van der Waals surface area contributed by atoms with Crippen LogP contribution in [0.25, 0.3) is 0 Å². The summed E-state index contributed by atoms with van der Waals surface area (Å²) in [6.45, 7) is 6.01. The van der Waals surface area contributed by atoms with Crippen LogP contribution in [0.4, 0.5) is 0 Å². The van der Waals surface area contributed by atoms with E-state index < -0.39 is 10.0 Å². The zero-order chi connectivity index (χ0) is 15.2. The Kier molecular flexibility index (Phi) is 6.49. The molecule has 0 spiro atoms. The van der Waals surface area contributed by atoms with Crippen molar-refractivity contribution >= 4 is 10.0 Å². The second-order valence-electron chi connectivity index (χ2n) is 5.29. The molecule has 0 saturated heterocycles. The molecule has 0 aliphatic heterocycles. The number of nitrogens with one attached hydrogen (secondary N) is 1. The molecule has 1 aromatic carbocycles. The van der Waals surface area contributed by atoms with Crippen molar-refractivity contribution in [2.75, 3.05) is 12.9 Å². The lowest BCUT2D eigenvalue weighted by molar-refractivity contribution is 0.413. The Morgan fingerprint density at radius 1 is 1.20 bits per heavy atom. The van der Waals surface area contributed by atoms with E-state index in [1.54, 1.807) is 7.11 Å². The van der Waals surface area contributed by atoms with Gasteiger partial charge in [0.25, 0.3) is 0 Å². The molecule has 0 fully saturated rings. The molecule has 1 atom stereocenters. The summed E-state index contributed by atoms with van der Waals surface area (Å²) in [7, 11) is -1.62. The first-order valence-electron chi connectivity index (χ1n) is 7.03. The van der Waals surface area contributed by atoms with Crippen molar-refractivity contribution in [3.63, 3.8) is 0 Å². The van der Waals surface area contributed by atoms with Crippen LogP contribution in [0.2, 0.25) is 0 Å². The van der Waals surface area contributed by atoms with Crippen LogP contribution in [0.1, 0.15) is 45.2 Å². The monoisotopic (exact) mass is 299 g/mol. The summed E-state index contributed by atoms with van der Waals surface area (Å²) < 4.78 is 32.1. The first-order valence-corrected chi connectivity index (χ1v) is 8.68. The highest BCUT2D eigenvalue weighted by Crippen LogP contribution is 2.24. The highest BCUT2D eigenvalue weighted by molar-refractivity contribution is 7.89. The largest absolute Gasteiger partial charge is 0.497 e. The molecule has 0 heterocycles. The normalized spacial score (nSPS) is 13.4. The lowest BCUT2D eigenvalue weighted by atomic mass is 9.97. The van der Waals surface area contributed by atoms with Gasteiger partial charge in [-0.1, -0.05) is 39.3 Å². The van der Waals surface area contributed by atoms with Gasteiger partial charge in [-0.2, -0.15) is 0 Å². The molecule has 114 valence electrons. The van der Waals surface area contributed by atoms with Gasteiger partial charge < -0.3 is 4.74 Å². The van der Waals surface area contributed by atoms with E-state index in [1.807, 2.05) is 45.0 Å². The summed E-state index contributed by atoms with van der Waals surface area (Å²) in [6.07, 6.45) is 1.55. The molecular weight excluding hydrogens is 274 g/mol. The molecule has 1 N–H and O–H groups in total. The molecule has 0 aliphatic rings. The first-order chi connectivity index (χ1) is 9.39. The fourth-order valence-corrected chi connectivity index (χ4v) is 3.57. The second kappa shape index (κ2) is 7.64. The molecule has 0 bridgehead atoms. The third kappa shape index (κ3) is 5.13. The molecule has 0 radical (unpaired) electrons. The van der Waals surface area contributed by atoms with Crippen molar-refractivity contribution in [3.8, 4) is 5.75 Å². The Morgan fingerprint density at radius 2 is 1.80 bits per heavy atom. The van der Waals surface area contributed by atoms with E-state index in [-0.39, 0.29) is 17.7 Å². The van der Waals surface area contributed by atoms with Crippen LogP contribution in [0.3, 0.4) is 0 Å². The van der Waals surface area contributed by atoms with Crippen molar-refractivity contribution in [2.24, 2.45) is 5.92 Å². The quantitative estimate of drug-likeness (QED) is 0.802. The van der Waals surface area contributed by atoms with Crippen molar-refractivity contribution < 1.29 is 13.2 Å². The second-order valence-corrected chi connectivity index (χ2v) is 7.16. The summed E-state index contributed by atoms with van der Waals surface area (Å²) in [5, 5.41) is 0. The molecular formula is C15H25NO3S. The molecule has 1 unspecified atom stereocenters. The highest BCUT2D eigenvalue weighted by atomic mass is 32.2. The molecule has 20 heavy (non-hydrogen) atoms. The lowest BCUT2D eigenvalue weighted by Crippen LogP contribution is -2.33. The van der Waals surface area contributed by atoms with Gasteiger partial charge >= 0.3 is 0 Å². The van der Waals surface area contributed by atoms with Gasteiger partial charge in [-0.15, -0.1) is 0 Å². The van der Waals surface area contributed by atoms with Crippen LogP contribution in [0, 0.1) is 5.92 Å². The fourth-order valence-electron chi connectivity index (χ4n) is 1.99. The Balaban J connectivity index is 2.88. The number of unbranched alkanes of at least 4 members (excludes halogenated alkanes) is 1. The average Bonchev–Trinajstić information content (AvgIpc) is 2.43. The number of rotatable bonds is 8. The lowest BCUT2D eigenvalue weighted by Gasteiger charge is -2.23. The van der Waals surface area contributed by atoms with Gasteiger partial charge in [0.1, 0.15) is 5.75 Å². The van der Waals surface area contributed by atoms with Gasteiger partial charge in [-0.05, 0) is 30.0 Å². The number of ether oxygens (including phenoxy) is 1. The van der Waals surface area contributed by atoms with Crippen LogP contribution >= 0.6 is 0 Å². The van der Waals surface area contributed by atoms with Gasteiger partial charge in [0.15, 0.2) is 0 Å². The average molecular weight is 299 g/mol. The standard InChI is InChI=1S/C15H25NO3S/c1-5-6-11-20(17,18)16-15(12(2)3)13-7-9-14(19-4)10-8-13/h7-10,12,15-16H,5-6,11H2,1-4H3. The minimum atomic E-state index is -3.23. The maximum atomic E-state index is 12.1. The minimum Gasteiger partial charge on any atom is -0.497 e. The van der Waals surface area contributed by atoms with Crippen molar-refractivity contribution in [1.29, 1.82) is 0 Å². The van der Waals surface area contributed by atoms with E-state index in [0.29, 0.717) is 6.42 Å². The number of hydrogen-bond acceptors (Lipinski definition) is 3. The topological polar surface area (TPSA) is 55.4 Å². The maximum Gasteiger partial charge on any atom is 0.212 e. The number of sulfonamides is 1. The number of hydrogen-bond donors (Lipinski definition) is 1. The molecule has 5 heteroatoms. The molecule has 1 rings (SSSR count). The third-order valence-corrected chi connectivity index (χ3v) is 4.65. The molecule has 0 saturated carbocycles. The van der Waals surface area contributed by atoms with Crippen LogP contribution in [0.15, 0.2) is 24.3 Å². The van der Waals surface area contributed by atoms with Crippen LogP contribution < -0.4 is 9.46 Å². The molecule has 4 nitrogen and oxygen atoms in total. The van der Waals surface area contributed by atoms with E-state index >= 15 is 0 Å². The van der Waals surface area contributed by atoms with Crippen molar-refractivity contribution in [3.05, 3.63) is 29.8 Å². The zero-order valence-corrected chi connectivity index (χ0v) is 13.5. The summed E-state index contributed by atoms with van der Waals surface area (Å²) >= 11 is 0.